The minimum Gasteiger partial charge on any atom is -1.00 e. The van der Waals surface area contributed by atoms with Gasteiger partial charge in [-0.25, -0.2) is 0 Å². The summed E-state index contributed by atoms with van der Waals surface area (Å²) in [6.07, 6.45) is 7.08. The number of aliphatic hydroxyl groups is 1. The Morgan fingerprint density at radius 2 is 2.12 bits per heavy atom. The highest BCUT2D eigenvalue weighted by Gasteiger charge is 2.45. The zero-order valence-corrected chi connectivity index (χ0v) is 12.1. The van der Waals surface area contributed by atoms with Crippen molar-refractivity contribution in [3.63, 3.8) is 0 Å². The molecule has 2 aliphatic rings. The molecule has 3 heteroatoms. The molecule has 2 N–H and O–H groups in total. The van der Waals surface area contributed by atoms with E-state index in [2.05, 4.69) is 19.9 Å². The summed E-state index contributed by atoms with van der Waals surface area (Å²) in [4.78, 5) is 1.62. The fraction of sp³-hybridized carbons (Fsp3) is 0.857. The molecule has 2 nitrogen and oxygen atoms in total. The molecule has 17 heavy (non-hydrogen) atoms. The summed E-state index contributed by atoms with van der Waals surface area (Å²) in [6, 6.07) is 0.477. The molecule has 0 amide bonds. The molecule has 0 aliphatic carbocycles. The van der Waals surface area contributed by atoms with Crippen LogP contribution < -0.4 is 17.3 Å². The summed E-state index contributed by atoms with van der Waals surface area (Å²) < 4.78 is 0. The second-order valence-corrected chi connectivity index (χ2v) is 6.24. The van der Waals surface area contributed by atoms with Crippen molar-refractivity contribution in [1.29, 1.82) is 0 Å². The Morgan fingerprint density at radius 3 is 2.76 bits per heavy atom. The van der Waals surface area contributed by atoms with Crippen molar-refractivity contribution in [2.45, 2.75) is 58.1 Å². The van der Waals surface area contributed by atoms with Crippen LogP contribution in [-0.2, 0) is 0 Å². The molecule has 0 aromatic rings. The monoisotopic (exact) mass is 259 g/mol. The highest BCUT2D eigenvalue weighted by Crippen LogP contribution is 2.27. The SMILES string of the molecule is CC(C)/C=C1\C[NH+]2CCCC[C@@H]2[C@](C)(O)C1.[Cl-]. The predicted octanol–water partition coefficient (Wildman–Crippen LogP) is -1.84. The molecule has 2 heterocycles. The van der Waals surface area contributed by atoms with E-state index in [1.54, 1.807) is 4.90 Å². The van der Waals surface area contributed by atoms with Gasteiger partial charge in [0.15, 0.2) is 0 Å². The summed E-state index contributed by atoms with van der Waals surface area (Å²) >= 11 is 0. The molecule has 2 aliphatic heterocycles. The van der Waals surface area contributed by atoms with Gasteiger partial charge in [0.2, 0.25) is 0 Å². The van der Waals surface area contributed by atoms with E-state index in [1.807, 2.05) is 6.92 Å². The Hall–Kier alpha value is -0.0500. The van der Waals surface area contributed by atoms with E-state index in [9.17, 15) is 5.11 Å². The van der Waals surface area contributed by atoms with Gasteiger partial charge >= 0.3 is 0 Å². The maximum absolute atomic E-state index is 10.6. The smallest absolute Gasteiger partial charge is 0.117 e. The van der Waals surface area contributed by atoms with Crippen LogP contribution in [0.25, 0.3) is 0 Å². The summed E-state index contributed by atoms with van der Waals surface area (Å²) in [5.74, 6) is 0.603. The summed E-state index contributed by atoms with van der Waals surface area (Å²) in [5, 5.41) is 10.6. The van der Waals surface area contributed by atoms with Crippen LogP contribution in [0.4, 0.5) is 0 Å². The number of nitrogens with one attached hydrogen (secondary N) is 1. The van der Waals surface area contributed by atoms with Gasteiger partial charge in [0.05, 0.1) is 13.1 Å². The first-order valence-corrected chi connectivity index (χ1v) is 6.75. The van der Waals surface area contributed by atoms with Crippen molar-refractivity contribution in [2.24, 2.45) is 5.92 Å². The summed E-state index contributed by atoms with van der Waals surface area (Å²) in [7, 11) is 0. The molecule has 0 aromatic carbocycles. The molecule has 0 spiro atoms. The lowest BCUT2D eigenvalue weighted by atomic mass is 9.78. The number of hydrogen-bond acceptors (Lipinski definition) is 1. The van der Waals surface area contributed by atoms with Gasteiger partial charge in [-0.2, -0.15) is 0 Å². The number of rotatable bonds is 1. The third-order valence-electron chi connectivity index (χ3n) is 4.09. The Kier molecular flexibility index (Phi) is 5.06. The Bertz CT molecular complexity index is 286. The predicted molar refractivity (Wildman–Crippen MR) is 66.5 cm³/mol. The van der Waals surface area contributed by atoms with Crippen LogP contribution in [0.2, 0.25) is 0 Å². The molecule has 2 rings (SSSR count). The molecule has 2 fully saturated rings. The van der Waals surface area contributed by atoms with Crippen LogP contribution in [-0.4, -0.2) is 29.8 Å². The van der Waals surface area contributed by atoms with E-state index in [4.69, 9.17) is 0 Å². The van der Waals surface area contributed by atoms with Crippen LogP contribution in [0, 0.1) is 5.92 Å². The Balaban J connectivity index is 0.00000144. The van der Waals surface area contributed by atoms with Crippen molar-refractivity contribution in [2.75, 3.05) is 13.1 Å². The quantitative estimate of drug-likeness (QED) is 0.532. The normalized spacial score (nSPS) is 39.9. The molecule has 0 bridgehead atoms. The van der Waals surface area contributed by atoms with Crippen LogP contribution in [0.15, 0.2) is 11.6 Å². The van der Waals surface area contributed by atoms with Crippen molar-refractivity contribution in [1.82, 2.24) is 0 Å². The standard InChI is InChI=1S/C14H25NO.ClH/c1-11(2)8-12-9-14(3,16)13-6-4-5-7-15(13)10-12;/h8,11,13,16H,4-7,9-10H2,1-3H3;1H/b12-8-;/t13-,14-;/m1./s1. The lowest BCUT2D eigenvalue weighted by Crippen LogP contribution is -3.20. The van der Waals surface area contributed by atoms with E-state index in [0.29, 0.717) is 12.0 Å². The number of halogens is 1. The molecule has 2 saturated heterocycles. The van der Waals surface area contributed by atoms with Gasteiger partial charge in [-0.15, -0.1) is 0 Å². The first-order valence-electron chi connectivity index (χ1n) is 6.75. The van der Waals surface area contributed by atoms with Gasteiger partial charge in [-0.05, 0) is 31.3 Å². The maximum Gasteiger partial charge on any atom is 0.117 e. The first-order chi connectivity index (χ1) is 7.49. The van der Waals surface area contributed by atoms with Crippen LogP contribution in [0.5, 0.6) is 0 Å². The molecule has 0 aromatic heterocycles. The minimum atomic E-state index is -0.477. The zero-order valence-electron chi connectivity index (χ0n) is 11.3. The van der Waals surface area contributed by atoms with Crippen LogP contribution in [0.1, 0.15) is 46.5 Å². The molecular formula is C14H26ClNO. The van der Waals surface area contributed by atoms with E-state index < -0.39 is 5.60 Å². The topological polar surface area (TPSA) is 24.7 Å². The Morgan fingerprint density at radius 1 is 1.41 bits per heavy atom. The highest BCUT2D eigenvalue weighted by atomic mass is 35.5. The second kappa shape index (κ2) is 5.73. The number of hydrogen-bond donors (Lipinski definition) is 2. The minimum absolute atomic E-state index is 0. The van der Waals surface area contributed by atoms with Crippen molar-refractivity contribution in [3.8, 4) is 0 Å². The molecule has 3 atom stereocenters. The average molecular weight is 260 g/mol. The fourth-order valence-corrected chi connectivity index (χ4v) is 3.57. The lowest BCUT2D eigenvalue weighted by Gasteiger charge is -2.45. The highest BCUT2D eigenvalue weighted by molar-refractivity contribution is 5.11. The van der Waals surface area contributed by atoms with Gasteiger partial charge in [-0.3, -0.25) is 0 Å². The first kappa shape index (κ1) is 15.0. The van der Waals surface area contributed by atoms with Gasteiger partial charge in [0.25, 0.3) is 0 Å². The maximum atomic E-state index is 10.6. The van der Waals surface area contributed by atoms with Crippen LogP contribution in [0.3, 0.4) is 0 Å². The molecule has 100 valence electrons. The average Bonchev–Trinajstić information content (AvgIpc) is 2.15. The number of quaternary nitrogens is 1. The van der Waals surface area contributed by atoms with Crippen molar-refractivity contribution < 1.29 is 22.4 Å². The summed E-state index contributed by atoms with van der Waals surface area (Å²) in [5.41, 5.74) is 0.988. The van der Waals surface area contributed by atoms with E-state index in [1.165, 1.54) is 37.9 Å². The molecular weight excluding hydrogens is 234 g/mol. The summed E-state index contributed by atoms with van der Waals surface area (Å²) in [6.45, 7) is 8.89. The van der Waals surface area contributed by atoms with Gasteiger partial charge in [0, 0.05) is 12.8 Å². The molecule has 1 unspecified atom stereocenters. The number of piperidine rings is 2. The van der Waals surface area contributed by atoms with E-state index >= 15 is 0 Å². The van der Waals surface area contributed by atoms with Crippen molar-refractivity contribution in [3.05, 3.63) is 11.6 Å². The Labute approximate surface area is 111 Å². The second-order valence-electron chi connectivity index (χ2n) is 6.24. The number of allylic oxidation sites excluding steroid dienone is 1. The third kappa shape index (κ3) is 3.46. The lowest BCUT2D eigenvalue weighted by molar-refractivity contribution is -0.937. The third-order valence-corrected chi connectivity index (χ3v) is 4.09. The zero-order chi connectivity index (χ0) is 11.8. The van der Waals surface area contributed by atoms with Gasteiger partial charge in [0.1, 0.15) is 11.6 Å². The fourth-order valence-electron chi connectivity index (χ4n) is 3.57. The largest absolute Gasteiger partial charge is 1.00 e. The molecule has 0 saturated carbocycles. The molecule has 0 radical (unpaired) electrons. The van der Waals surface area contributed by atoms with Gasteiger partial charge < -0.3 is 22.4 Å². The van der Waals surface area contributed by atoms with E-state index in [0.717, 1.165) is 6.42 Å². The van der Waals surface area contributed by atoms with E-state index in [-0.39, 0.29) is 12.4 Å². The van der Waals surface area contributed by atoms with Gasteiger partial charge in [-0.1, -0.05) is 19.9 Å². The van der Waals surface area contributed by atoms with Crippen LogP contribution >= 0.6 is 0 Å². The van der Waals surface area contributed by atoms with Crippen molar-refractivity contribution >= 4 is 0 Å². The number of fused-ring (bicyclic) bond motifs is 1.